The second-order valence-electron chi connectivity index (χ2n) is 4.06. The van der Waals surface area contributed by atoms with Crippen molar-refractivity contribution in [2.24, 2.45) is 5.92 Å². The van der Waals surface area contributed by atoms with Crippen LogP contribution in [-0.4, -0.2) is 19.4 Å². The van der Waals surface area contributed by atoms with Crippen molar-refractivity contribution in [3.8, 4) is 0 Å². The van der Waals surface area contributed by atoms with E-state index in [9.17, 15) is 0 Å². The summed E-state index contributed by atoms with van der Waals surface area (Å²) < 4.78 is 5.59. The number of ether oxygens (including phenoxy) is 1. The highest BCUT2D eigenvalue weighted by atomic mass is 31.0. The van der Waals surface area contributed by atoms with Crippen LogP contribution in [0, 0.1) is 5.92 Å². The van der Waals surface area contributed by atoms with Crippen LogP contribution in [0.1, 0.15) is 46.0 Å². The Labute approximate surface area is 97.9 Å². The first-order valence-corrected chi connectivity index (χ1v) is 7.07. The van der Waals surface area contributed by atoms with E-state index in [0.29, 0.717) is 5.92 Å². The standard InChI is InChI=1S/C13H27OP/c1-3-4-8-13(2)9-11-14-10-6-5-7-12-15/h4,8,13H,3,5-7,9-12,15H2,1-2H3. The van der Waals surface area contributed by atoms with Gasteiger partial charge < -0.3 is 4.74 Å². The fourth-order valence-electron chi connectivity index (χ4n) is 1.36. The Bertz CT molecular complexity index is 145. The molecule has 0 aliphatic rings. The van der Waals surface area contributed by atoms with Gasteiger partial charge in [0.1, 0.15) is 0 Å². The third kappa shape index (κ3) is 12.1. The van der Waals surface area contributed by atoms with Crippen molar-refractivity contribution in [2.45, 2.75) is 46.0 Å². The number of allylic oxidation sites excluding steroid dienone is 2. The SMILES string of the molecule is CCC=CC(C)CCOCCCCCP. The quantitative estimate of drug-likeness (QED) is 0.312. The largest absolute Gasteiger partial charge is 0.381 e. The van der Waals surface area contributed by atoms with Crippen LogP contribution in [0.4, 0.5) is 0 Å². The molecule has 90 valence electrons. The third-order valence-electron chi connectivity index (χ3n) is 2.41. The highest BCUT2D eigenvalue weighted by molar-refractivity contribution is 7.16. The third-order valence-corrected chi connectivity index (χ3v) is 2.82. The van der Waals surface area contributed by atoms with Crippen LogP contribution in [0.3, 0.4) is 0 Å². The lowest BCUT2D eigenvalue weighted by atomic mass is 10.1. The predicted molar refractivity (Wildman–Crippen MR) is 72.5 cm³/mol. The fourth-order valence-corrected chi connectivity index (χ4v) is 1.65. The van der Waals surface area contributed by atoms with Crippen molar-refractivity contribution >= 4 is 9.24 Å². The Morgan fingerprint density at radius 2 is 2.00 bits per heavy atom. The van der Waals surface area contributed by atoms with Gasteiger partial charge in [0.25, 0.3) is 0 Å². The minimum absolute atomic E-state index is 0.664. The molecule has 0 radical (unpaired) electrons. The molecule has 0 aliphatic heterocycles. The monoisotopic (exact) mass is 230 g/mol. The van der Waals surface area contributed by atoms with Crippen LogP contribution in [-0.2, 0) is 4.74 Å². The number of rotatable bonds is 10. The average Bonchev–Trinajstić information content (AvgIpc) is 2.25. The van der Waals surface area contributed by atoms with E-state index in [1.54, 1.807) is 0 Å². The zero-order chi connectivity index (χ0) is 11.4. The van der Waals surface area contributed by atoms with Crippen LogP contribution < -0.4 is 0 Å². The summed E-state index contributed by atoms with van der Waals surface area (Å²) in [4.78, 5) is 0. The fraction of sp³-hybridized carbons (Fsp3) is 0.846. The van der Waals surface area contributed by atoms with Gasteiger partial charge in [-0.2, -0.15) is 0 Å². The highest BCUT2D eigenvalue weighted by Crippen LogP contribution is 2.05. The first-order chi connectivity index (χ1) is 7.31. The molecule has 0 aromatic heterocycles. The molecule has 0 aromatic carbocycles. The minimum atomic E-state index is 0.664. The normalized spacial score (nSPS) is 13.5. The van der Waals surface area contributed by atoms with E-state index in [1.807, 2.05) is 0 Å². The van der Waals surface area contributed by atoms with Gasteiger partial charge in [-0.1, -0.05) is 32.4 Å². The van der Waals surface area contributed by atoms with E-state index in [1.165, 1.54) is 25.4 Å². The lowest BCUT2D eigenvalue weighted by Gasteiger charge is -2.07. The summed E-state index contributed by atoms with van der Waals surface area (Å²) in [6, 6.07) is 0. The smallest absolute Gasteiger partial charge is 0.0471 e. The molecule has 1 nitrogen and oxygen atoms in total. The van der Waals surface area contributed by atoms with Gasteiger partial charge in [0, 0.05) is 13.2 Å². The summed E-state index contributed by atoms with van der Waals surface area (Å²) in [7, 11) is 2.77. The van der Waals surface area contributed by atoms with E-state index in [-0.39, 0.29) is 0 Å². The van der Waals surface area contributed by atoms with E-state index >= 15 is 0 Å². The number of unbranched alkanes of at least 4 members (excludes halogenated alkanes) is 2. The maximum Gasteiger partial charge on any atom is 0.0471 e. The molecule has 0 rings (SSSR count). The van der Waals surface area contributed by atoms with Crippen LogP contribution in [0.2, 0.25) is 0 Å². The van der Waals surface area contributed by atoms with Gasteiger partial charge in [0.15, 0.2) is 0 Å². The molecule has 2 unspecified atom stereocenters. The van der Waals surface area contributed by atoms with E-state index in [2.05, 4.69) is 35.2 Å². The van der Waals surface area contributed by atoms with Crippen molar-refractivity contribution in [1.82, 2.24) is 0 Å². The Morgan fingerprint density at radius 1 is 1.20 bits per heavy atom. The van der Waals surface area contributed by atoms with Gasteiger partial charge in [-0.25, -0.2) is 0 Å². The van der Waals surface area contributed by atoms with Crippen molar-refractivity contribution in [3.05, 3.63) is 12.2 Å². The molecular formula is C13H27OP. The van der Waals surface area contributed by atoms with E-state index < -0.39 is 0 Å². The lowest BCUT2D eigenvalue weighted by Crippen LogP contribution is -2.01. The van der Waals surface area contributed by atoms with Crippen LogP contribution in [0.5, 0.6) is 0 Å². The number of hydrogen-bond acceptors (Lipinski definition) is 1. The molecular weight excluding hydrogens is 203 g/mol. The maximum atomic E-state index is 5.59. The Balaban J connectivity index is 3.12. The van der Waals surface area contributed by atoms with Crippen molar-refractivity contribution in [2.75, 3.05) is 19.4 Å². The average molecular weight is 230 g/mol. The summed E-state index contributed by atoms with van der Waals surface area (Å²) in [6.07, 6.45) is 11.9. The Kier molecular flexibility index (Phi) is 12.3. The minimum Gasteiger partial charge on any atom is -0.381 e. The summed E-state index contributed by atoms with van der Waals surface area (Å²) in [5.74, 6) is 0.664. The van der Waals surface area contributed by atoms with Crippen LogP contribution in [0.25, 0.3) is 0 Å². The Hall–Kier alpha value is 0.130. The highest BCUT2D eigenvalue weighted by Gasteiger charge is 1.96. The number of hydrogen-bond donors (Lipinski definition) is 0. The van der Waals surface area contributed by atoms with Gasteiger partial charge in [-0.05, 0) is 37.8 Å². The maximum absolute atomic E-state index is 5.59. The molecule has 0 bridgehead atoms. The van der Waals surface area contributed by atoms with Crippen molar-refractivity contribution in [1.29, 1.82) is 0 Å². The molecule has 0 fully saturated rings. The van der Waals surface area contributed by atoms with Crippen LogP contribution in [0.15, 0.2) is 12.2 Å². The van der Waals surface area contributed by atoms with Crippen LogP contribution >= 0.6 is 9.24 Å². The van der Waals surface area contributed by atoms with Gasteiger partial charge in [-0.15, -0.1) is 9.24 Å². The molecule has 2 heteroatoms. The zero-order valence-electron chi connectivity index (χ0n) is 10.4. The second kappa shape index (κ2) is 12.2. The van der Waals surface area contributed by atoms with Gasteiger partial charge in [0.2, 0.25) is 0 Å². The molecule has 0 spiro atoms. The molecule has 15 heavy (non-hydrogen) atoms. The first-order valence-electron chi connectivity index (χ1n) is 6.25. The van der Waals surface area contributed by atoms with Gasteiger partial charge in [0.05, 0.1) is 0 Å². The molecule has 2 atom stereocenters. The molecule has 0 aliphatic carbocycles. The Morgan fingerprint density at radius 3 is 2.67 bits per heavy atom. The summed E-state index contributed by atoms with van der Waals surface area (Å²) in [6.45, 7) is 6.28. The second-order valence-corrected chi connectivity index (χ2v) is 4.64. The molecule has 0 aromatic rings. The van der Waals surface area contributed by atoms with Crippen molar-refractivity contribution in [3.63, 3.8) is 0 Å². The zero-order valence-corrected chi connectivity index (χ0v) is 11.5. The molecule has 0 amide bonds. The molecule has 0 saturated carbocycles. The first kappa shape index (κ1) is 15.1. The van der Waals surface area contributed by atoms with Crippen molar-refractivity contribution < 1.29 is 4.74 Å². The van der Waals surface area contributed by atoms with E-state index in [0.717, 1.165) is 26.1 Å². The topological polar surface area (TPSA) is 9.23 Å². The predicted octanol–water partition coefficient (Wildman–Crippen LogP) is 4.04. The lowest BCUT2D eigenvalue weighted by molar-refractivity contribution is 0.122. The van der Waals surface area contributed by atoms with Gasteiger partial charge in [-0.3, -0.25) is 0 Å². The summed E-state index contributed by atoms with van der Waals surface area (Å²) in [5.41, 5.74) is 0. The van der Waals surface area contributed by atoms with E-state index in [4.69, 9.17) is 4.74 Å². The summed E-state index contributed by atoms with van der Waals surface area (Å²) in [5, 5.41) is 0. The molecule has 0 saturated heterocycles. The van der Waals surface area contributed by atoms with Gasteiger partial charge >= 0.3 is 0 Å². The molecule has 0 heterocycles. The summed E-state index contributed by atoms with van der Waals surface area (Å²) >= 11 is 0. The molecule has 0 N–H and O–H groups in total.